The van der Waals surface area contributed by atoms with Gasteiger partial charge in [-0.1, -0.05) is 6.92 Å². The van der Waals surface area contributed by atoms with Crippen molar-refractivity contribution in [3.8, 4) is 0 Å². The minimum atomic E-state index is -0.826. The molecule has 0 bridgehead atoms. The van der Waals surface area contributed by atoms with Gasteiger partial charge in [-0.25, -0.2) is 0 Å². The van der Waals surface area contributed by atoms with Crippen LogP contribution in [0.4, 0.5) is 5.69 Å². The molecule has 1 heterocycles. The summed E-state index contributed by atoms with van der Waals surface area (Å²) in [6, 6.07) is 7.69. The van der Waals surface area contributed by atoms with Crippen LogP contribution in [0.25, 0.3) is 10.9 Å². The predicted octanol–water partition coefficient (Wildman–Crippen LogP) is 2.23. The second-order valence-corrected chi connectivity index (χ2v) is 4.50. The van der Waals surface area contributed by atoms with Gasteiger partial charge in [-0.3, -0.25) is 4.79 Å². The Kier molecular flexibility index (Phi) is 2.90. The van der Waals surface area contributed by atoms with Crippen molar-refractivity contribution in [3.63, 3.8) is 0 Å². The molecule has 1 aromatic carbocycles. The van der Waals surface area contributed by atoms with E-state index in [0.717, 1.165) is 16.6 Å². The molecule has 1 unspecified atom stereocenters. The van der Waals surface area contributed by atoms with Crippen molar-refractivity contribution in [3.05, 3.63) is 30.5 Å². The monoisotopic (exact) mass is 231 g/mol. The maximum absolute atomic E-state index is 11.9. The van der Waals surface area contributed by atoms with Crippen molar-refractivity contribution in [1.29, 1.82) is 0 Å². The van der Waals surface area contributed by atoms with Crippen LogP contribution in [-0.2, 0) is 4.79 Å². The number of benzene rings is 1. The van der Waals surface area contributed by atoms with Gasteiger partial charge in [0.25, 0.3) is 0 Å². The highest BCUT2D eigenvalue weighted by molar-refractivity contribution is 5.99. The van der Waals surface area contributed by atoms with E-state index in [0.29, 0.717) is 6.42 Å². The number of anilines is 1. The number of rotatable bonds is 3. The molecular weight excluding hydrogens is 214 g/mol. The quantitative estimate of drug-likeness (QED) is 0.758. The molecule has 0 saturated carbocycles. The number of carbonyl (C=O) groups is 1. The third kappa shape index (κ3) is 2.31. The van der Waals surface area contributed by atoms with E-state index in [9.17, 15) is 4.79 Å². The third-order valence-electron chi connectivity index (χ3n) is 3.06. The van der Waals surface area contributed by atoms with Crippen molar-refractivity contribution < 1.29 is 4.79 Å². The van der Waals surface area contributed by atoms with E-state index < -0.39 is 5.54 Å². The van der Waals surface area contributed by atoms with Crippen LogP contribution in [0.3, 0.4) is 0 Å². The Balaban J connectivity index is 2.21. The predicted molar refractivity (Wildman–Crippen MR) is 69.8 cm³/mol. The Morgan fingerprint density at radius 2 is 2.24 bits per heavy atom. The van der Waals surface area contributed by atoms with Gasteiger partial charge in [-0.05, 0) is 37.6 Å². The Labute approximate surface area is 100 Å². The number of hydrogen-bond donors (Lipinski definition) is 3. The molecule has 0 radical (unpaired) electrons. The van der Waals surface area contributed by atoms with Crippen LogP contribution in [0.15, 0.2) is 30.5 Å². The lowest BCUT2D eigenvalue weighted by Crippen LogP contribution is -2.47. The zero-order valence-corrected chi connectivity index (χ0v) is 10.1. The standard InChI is InChI=1S/C13H17N3O/c1-3-13(2,14)12(17)16-10-4-5-11-9(8-10)6-7-15-11/h4-8,15H,3,14H2,1-2H3,(H,16,17). The summed E-state index contributed by atoms with van der Waals surface area (Å²) in [5, 5.41) is 3.90. The van der Waals surface area contributed by atoms with Gasteiger partial charge in [0.05, 0.1) is 5.54 Å². The summed E-state index contributed by atoms with van der Waals surface area (Å²) in [5.41, 5.74) is 6.88. The minimum Gasteiger partial charge on any atom is -0.361 e. The van der Waals surface area contributed by atoms with Crippen molar-refractivity contribution >= 4 is 22.5 Å². The molecule has 0 aliphatic rings. The summed E-state index contributed by atoms with van der Waals surface area (Å²) in [4.78, 5) is 15.0. The van der Waals surface area contributed by atoms with Gasteiger partial charge in [0, 0.05) is 22.8 Å². The first-order valence-electron chi connectivity index (χ1n) is 5.70. The highest BCUT2D eigenvalue weighted by Gasteiger charge is 2.25. The Morgan fingerprint density at radius 1 is 1.47 bits per heavy atom. The molecule has 2 aromatic rings. The smallest absolute Gasteiger partial charge is 0.244 e. The molecule has 0 fully saturated rings. The average molecular weight is 231 g/mol. The van der Waals surface area contributed by atoms with Crippen molar-refractivity contribution in [2.24, 2.45) is 5.73 Å². The third-order valence-corrected chi connectivity index (χ3v) is 3.06. The summed E-state index contributed by atoms with van der Waals surface area (Å²) in [6.45, 7) is 3.63. The maximum Gasteiger partial charge on any atom is 0.244 e. The van der Waals surface area contributed by atoms with Crippen LogP contribution in [0.2, 0.25) is 0 Å². The lowest BCUT2D eigenvalue weighted by molar-refractivity contribution is -0.120. The molecule has 0 aliphatic heterocycles. The van der Waals surface area contributed by atoms with Crippen molar-refractivity contribution in [2.75, 3.05) is 5.32 Å². The number of fused-ring (bicyclic) bond motifs is 1. The molecule has 90 valence electrons. The Morgan fingerprint density at radius 3 is 2.94 bits per heavy atom. The van der Waals surface area contributed by atoms with Gasteiger partial charge < -0.3 is 16.0 Å². The fourth-order valence-corrected chi connectivity index (χ4v) is 1.57. The van der Waals surface area contributed by atoms with Gasteiger partial charge in [0.2, 0.25) is 5.91 Å². The van der Waals surface area contributed by atoms with Crippen LogP contribution in [0, 0.1) is 0 Å². The van der Waals surface area contributed by atoms with Crippen molar-refractivity contribution in [1.82, 2.24) is 4.98 Å². The number of hydrogen-bond acceptors (Lipinski definition) is 2. The molecule has 1 atom stereocenters. The lowest BCUT2D eigenvalue weighted by atomic mass is 9.99. The molecule has 0 saturated heterocycles. The summed E-state index contributed by atoms with van der Waals surface area (Å²) in [5.74, 6) is -0.158. The first kappa shape index (κ1) is 11.7. The largest absolute Gasteiger partial charge is 0.361 e. The summed E-state index contributed by atoms with van der Waals surface area (Å²) >= 11 is 0. The lowest BCUT2D eigenvalue weighted by Gasteiger charge is -2.21. The Bertz CT molecular complexity index is 542. The number of nitrogens with two attached hydrogens (primary N) is 1. The number of aromatic amines is 1. The molecule has 4 nitrogen and oxygen atoms in total. The molecule has 0 spiro atoms. The first-order chi connectivity index (χ1) is 8.03. The number of nitrogens with one attached hydrogen (secondary N) is 2. The van der Waals surface area contributed by atoms with E-state index in [1.54, 1.807) is 6.92 Å². The average Bonchev–Trinajstić information content (AvgIpc) is 2.76. The maximum atomic E-state index is 11.9. The second kappa shape index (κ2) is 4.22. The van der Waals surface area contributed by atoms with Gasteiger partial charge in [0.15, 0.2) is 0 Å². The SMILES string of the molecule is CCC(C)(N)C(=O)Nc1ccc2[nH]ccc2c1. The normalized spacial score (nSPS) is 14.5. The fourth-order valence-electron chi connectivity index (χ4n) is 1.57. The van der Waals surface area contributed by atoms with Crippen LogP contribution < -0.4 is 11.1 Å². The molecule has 4 N–H and O–H groups in total. The molecule has 2 rings (SSSR count). The van der Waals surface area contributed by atoms with E-state index in [1.807, 2.05) is 37.4 Å². The number of H-pyrrole nitrogens is 1. The minimum absolute atomic E-state index is 0.158. The van der Waals surface area contributed by atoms with Gasteiger partial charge in [-0.15, -0.1) is 0 Å². The van der Waals surface area contributed by atoms with E-state index in [-0.39, 0.29) is 5.91 Å². The summed E-state index contributed by atoms with van der Waals surface area (Å²) in [6.07, 6.45) is 2.47. The highest BCUT2D eigenvalue weighted by atomic mass is 16.2. The molecular formula is C13H17N3O. The number of carbonyl (C=O) groups excluding carboxylic acids is 1. The molecule has 4 heteroatoms. The zero-order valence-electron chi connectivity index (χ0n) is 10.1. The van der Waals surface area contributed by atoms with Crippen LogP contribution >= 0.6 is 0 Å². The number of aromatic nitrogens is 1. The van der Waals surface area contributed by atoms with E-state index >= 15 is 0 Å². The van der Waals surface area contributed by atoms with Crippen LogP contribution in [0.5, 0.6) is 0 Å². The second-order valence-electron chi connectivity index (χ2n) is 4.50. The first-order valence-corrected chi connectivity index (χ1v) is 5.70. The van der Waals surface area contributed by atoms with E-state index in [2.05, 4.69) is 10.3 Å². The van der Waals surface area contributed by atoms with E-state index in [4.69, 9.17) is 5.73 Å². The van der Waals surface area contributed by atoms with Gasteiger partial charge in [0.1, 0.15) is 0 Å². The highest BCUT2D eigenvalue weighted by Crippen LogP contribution is 2.19. The van der Waals surface area contributed by atoms with Gasteiger partial charge >= 0.3 is 0 Å². The van der Waals surface area contributed by atoms with E-state index in [1.165, 1.54) is 0 Å². The van der Waals surface area contributed by atoms with Crippen LogP contribution in [0.1, 0.15) is 20.3 Å². The molecule has 1 amide bonds. The van der Waals surface area contributed by atoms with Crippen LogP contribution in [-0.4, -0.2) is 16.4 Å². The topological polar surface area (TPSA) is 70.9 Å². The Hall–Kier alpha value is -1.81. The molecule has 1 aromatic heterocycles. The number of amides is 1. The molecule has 17 heavy (non-hydrogen) atoms. The molecule has 0 aliphatic carbocycles. The fraction of sp³-hybridized carbons (Fsp3) is 0.308. The van der Waals surface area contributed by atoms with Crippen molar-refractivity contribution in [2.45, 2.75) is 25.8 Å². The van der Waals surface area contributed by atoms with Gasteiger partial charge in [-0.2, -0.15) is 0 Å². The summed E-state index contributed by atoms with van der Waals surface area (Å²) in [7, 11) is 0. The zero-order chi connectivity index (χ0) is 12.5. The summed E-state index contributed by atoms with van der Waals surface area (Å²) < 4.78 is 0.